The SMILES string of the molecule is C=C1C/C=C/C(O)[C@@]2(C[C@H](C)[C@@H](C)COS(=O)(=O)c3ccc(C)cc3)CCC(CO[Si](c3ccccc3)(c3ccccc3)C(C)(C)C)=C[C@@H]2[C@@H]2O[C@]3(C[C@H]4CCC[C@@]5(CC[C@@]6(O[C@@H](CC[C@@]6(C)O[Si](CC)(CC)CC)C1)O5)O4)C[C@@H](C)[C@@H](O[Si](C)(C)C(C)(C)C)[C@H]2O3. The Balaban J connectivity index is 1.11. The van der Waals surface area contributed by atoms with E-state index < -0.39 is 87.7 Å². The van der Waals surface area contributed by atoms with Crippen molar-refractivity contribution in [3.05, 3.63) is 126 Å². The number of aliphatic hydroxyl groups is 1. The second kappa shape index (κ2) is 27.4. The first-order valence-electron chi connectivity index (χ1n) is 35.5. The Labute approximate surface area is 558 Å². The number of hydrogen-bond acceptors (Lipinski definition) is 12. The molecule has 15 atom stereocenters. The molecule has 16 heteroatoms. The van der Waals surface area contributed by atoms with Crippen molar-refractivity contribution in [3.63, 3.8) is 0 Å². The number of aliphatic hydroxyl groups excluding tert-OH is 1. The minimum absolute atomic E-state index is 0.0208. The summed E-state index contributed by atoms with van der Waals surface area (Å²) in [4.78, 5) is 0.134. The summed E-state index contributed by atoms with van der Waals surface area (Å²) in [6.45, 7) is 41.3. The molecule has 0 amide bonds. The summed E-state index contributed by atoms with van der Waals surface area (Å²) in [6, 6.07) is 31.6. The summed E-state index contributed by atoms with van der Waals surface area (Å²) in [6.07, 6.45) is 13.4. The summed E-state index contributed by atoms with van der Waals surface area (Å²) in [7, 11) is -11.7. The summed E-state index contributed by atoms with van der Waals surface area (Å²) < 4.78 is 95.5. The van der Waals surface area contributed by atoms with E-state index >= 15 is 0 Å². The van der Waals surface area contributed by atoms with Crippen molar-refractivity contribution in [1.29, 1.82) is 0 Å². The van der Waals surface area contributed by atoms with E-state index in [4.69, 9.17) is 47.7 Å². The van der Waals surface area contributed by atoms with E-state index in [-0.39, 0.29) is 57.6 Å². The average molecular weight is 1340 g/mol. The fraction of sp³-hybridized carbons (Fsp3) is 0.684. The molecule has 12 nitrogen and oxygen atoms in total. The molecule has 1 N–H and O–H groups in total. The van der Waals surface area contributed by atoms with Gasteiger partial charge in [0.05, 0.1) is 48.6 Å². The molecule has 0 aromatic heterocycles. The monoisotopic (exact) mass is 1340 g/mol. The van der Waals surface area contributed by atoms with Gasteiger partial charge in [0.15, 0.2) is 34.0 Å². The maximum atomic E-state index is 13.9. The Morgan fingerprint density at radius 3 is 2.01 bits per heavy atom. The third-order valence-corrected chi connectivity index (χ3v) is 39.5. The predicted octanol–water partition coefficient (Wildman–Crippen LogP) is 16.6. The molecule has 3 aromatic rings. The van der Waals surface area contributed by atoms with Crippen LogP contribution < -0.4 is 10.4 Å². The van der Waals surface area contributed by atoms with Crippen molar-refractivity contribution >= 4 is 45.4 Å². The zero-order valence-electron chi connectivity index (χ0n) is 59.1. The molecule has 7 bridgehead atoms. The highest BCUT2D eigenvalue weighted by Crippen LogP contribution is 2.61. The first-order valence-corrected chi connectivity index (χ1v) is 44.2. The van der Waals surface area contributed by atoms with Crippen LogP contribution in [0.15, 0.2) is 126 Å². The van der Waals surface area contributed by atoms with Gasteiger partial charge in [-0.05, 0) is 159 Å². The molecule has 0 radical (unpaired) electrons. The molecule has 6 heterocycles. The Bertz CT molecular complexity index is 3130. The topological polar surface area (TPSA) is 137 Å². The van der Waals surface area contributed by atoms with E-state index in [0.717, 1.165) is 66.9 Å². The van der Waals surface area contributed by atoms with Gasteiger partial charge in [0.2, 0.25) is 0 Å². The van der Waals surface area contributed by atoms with Gasteiger partial charge >= 0.3 is 0 Å². The highest BCUT2D eigenvalue weighted by Gasteiger charge is 2.68. The number of benzene rings is 3. The Kier molecular flexibility index (Phi) is 21.4. The van der Waals surface area contributed by atoms with Crippen molar-refractivity contribution in [1.82, 2.24) is 0 Å². The molecule has 10 rings (SSSR count). The van der Waals surface area contributed by atoms with Crippen LogP contribution in [0.5, 0.6) is 0 Å². The lowest BCUT2D eigenvalue weighted by molar-refractivity contribution is -0.400. The van der Waals surface area contributed by atoms with Crippen LogP contribution in [0.25, 0.3) is 0 Å². The van der Waals surface area contributed by atoms with Crippen molar-refractivity contribution < 1.29 is 54.7 Å². The Morgan fingerprint density at radius 2 is 1.39 bits per heavy atom. The van der Waals surface area contributed by atoms with Crippen LogP contribution in [0, 0.1) is 36.0 Å². The van der Waals surface area contributed by atoms with Crippen LogP contribution in [0.2, 0.25) is 41.3 Å². The quantitative estimate of drug-likeness (QED) is 0.0695. The summed E-state index contributed by atoms with van der Waals surface area (Å²) in [5.74, 6) is -3.69. The lowest BCUT2D eigenvalue weighted by atomic mass is 9.57. The normalized spacial score (nSPS) is 34.4. The number of fused-ring (bicyclic) bond motifs is 7. The van der Waals surface area contributed by atoms with Gasteiger partial charge in [-0.1, -0.05) is 192 Å². The van der Waals surface area contributed by atoms with Crippen LogP contribution >= 0.6 is 0 Å². The molecule has 510 valence electrons. The third-order valence-electron chi connectivity index (χ3n) is 24.0. The third kappa shape index (κ3) is 14.2. The minimum Gasteiger partial charge on any atom is -0.411 e. The molecule has 3 aromatic carbocycles. The second-order valence-corrected chi connectivity index (χ2v) is 47.7. The van der Waals surface area contributed by atoms with Gasteiger partial charge in [-0.25, -0.2) is 0 Å². The molecule has 1 unspecified atom stereocenters. The fourth-order valence-corrected chi connectivity index (χ4v) is 27.1. The lowest BCUT2D eigenvalue weighted by Crippen LogP contribution is -2.66. The van der Waals surface area contributed by atoms with Crippen LogP contribution in [0.4, 0.5) is 0 Å². The number of hydrogen-bond donors (Lipinski definition) is 1. The molecule has 3 spiro atoms. The largest absolute Gasteiger partial charge is 0.411 e. The zero-order chi connectivity index (χ0) is 66.6. The lowest BCUT2D eigenvalue weighted by Gasteiger charge is -2.55. The second-order valence-electron chi connectivity index (χ2n) is 32.3. The maximum Gasteiger partial charge on any atom is 0.296 e. The van der Waals surface area contributed by atoms with E-state index in [1.54, 1.807) is 24.3 Å². The van der Waals surface area contributed by atoms with E-state index in [2.05, 4.69) is 176 Å². The summed E-state index contributed by atoms with van der Waals surface area (Å²) >= 11 is 0. The first-order chi connectivity index (χ1) is 43.2. The average Bonchev–Trinajstić information content (AvgIpc) is 1.47. The molecule has 5 saturated heterocycles. The smallest absolute Gasteiger partial charge is 0.296 e. The highest BCUT2D eigenvalue weighted by atomic mass is 32.2. The van der Waals surface area contributed by atoms with Gasteiger partial charge in [0, 0.05) is 43.4 Å². The van der Waals surface area contributed by atoms with Gasteiger partial charge in [0.25, 0.3) is 18.4 Å². The van der Waals surface area contributed by atoms with Gasteiger partial charge in [0.1, 0.15) is 11.7 Å². The fourth-order valence-electron chi connectivity index (χ4n) is 17.0. The van der Waals surface area contributed by atoms with Crippen LogP contribution in [0.1, 0.15) is 185 Å². The molecular weight excluding hydrogens is 1220 g/mol. The molecule has 7 aliphatic rings. The van der Waals surface area contributed by atoms with Crippen molar-refractivity contribution in [3.8, 4) is 0 Å². The highest BCUT2D eigenvalue weighted by molar-refractivity contribution is 7.86. The van der Waals surface area contributed by atoms with Crippen molar-refractivity contribution in [2.75, 3.05) is 13.2 Å². The molecule has 92 heavy (non-hydrogen) atoms. The van der Waals surface area contributed by atoms with Gasteiger partial charge in [-0.3, -0.25) is 4.18 Å². The van der Waals surface area contributed by atoms with Crippen molar-refractivity contribution in [2.24, 2.45) is 29.1 Å². The Morgan fingerprint density at radius 1 is 0.750 bits per heavy atom. The number of rotatable bonds is 19. The number of allylic oxidation sites excluding steroid dienone is 1. The minimum atomic E-state index is -4.06. The summed E-state index contributed by atoms with van der Waals surface area (Å²) in [5.41, 5.74) is 1.61. The zero-order valence-corrected chi connectivity index (χ0v) is 62.9. The summed E-state index contributed by atoms with van der Waals surface area (Å²) in [5, 5.41) is 15.9. The Hall–Kier alpha value is -2.92. The van der Waals surface area contributed by atoms with Gasteiger partial charge < -0.3 is 42.1 Å². The van der Waals surface area contributed by atoms with Crippen LogP contribution in [-0.2, 0) is 51.3 Å². The molecular formula is C76H116O12SSi3. The van der Waals surface area contributed by atoms with Crippen LogP contribution in [0.3, 0.4) is 0 Å². The number of ether oxygens (including phenoxy) is 5. The molecule has 6 aliphatic heterocycles. The first kappa shape index (κ1) is 71.8. The van der Waals surface area contributed by atoms with Crippen molar-refractivity contribution in [2.45, 2.75) is 293 Å². The van der Waals surface area contributed by atoms with E-state index in [1.165, 1.54) is 10.4 Å². The molecule has 0 saturated carbocycles. The van der Waals surface area contributed by atoms with E-state index in [9.17, 15) is 13.5 Å². The van der Waals surface area contributed by atoms with Crippen LogP contribution in [-0.4, -0.2) is 111 Å². The van der Waals surface area contributed by atoms with Gasteiger partial charge in [-0.15, -0.1) is 0 Å². The molecule has 5 fully saturated rings. The van der Waals surface area contributed by atoms with E-state index in [1.807, 2.05) is 13.0 Å². The van der Waals surface area contributed by atoms with E-state index in [0.29, 0.717) is 64.4 Å². The predicted molar refractivity (Wildman–Crippen MR) is 376 cm³/mol. The number of aryl methyl sites for hydroxylation is 1. The standard InChI is InChI=1S/C76H116O12SSi3/c1-18-91(19-2,20-3)88-72(15)43-41-60-47-55(5)29-27-35-66(77)73(49-56(6)58(8)52-80-89(78,79)62-38-36-54(4)37-39-62)44-40-59(53-81-92(71(12,13)14,63-31-23-21-24-32-63)64-33-25-22-26-34-64)48-65(73)68-69-67(86-90(16,17)70(9,10)11)57(7)50-75(84-68,85-69)51-61-30-28-42-74(82-61)45-46-76(72,83-60)87-74/h21-27,31-39,48,56-58,60-61,65-69,77H,5,18-20,28-30,40-47,49-53H2,1-4,6-17H3/b35-27+/t56-,57+,58-,60-,61+,65+,66?,67+,68-,69+,72+,73+,74+,75+,76+/m0/s1. The molecule has 1 aliphatic carbocycles. The maximum absolute atomic E-state index is 13.9. The van der Waals surface area contributed by atoms with Gasteiger partial charge in [-0.2, -0.15) is 8.42 Å².